The zero-order valence-corrected chi connectivity index (χ0v) is 15.2. The number of hydrogen-bond acceptors (Lipinski definition) is 5. The number of nitrogens with zero attached hydrogens (tertiary/aromatic N) is 1. The van der Waals surface area contributed by atoms with E-state index in [1.807, 2.05) is 24.4 Å². The Morgan fingerprint density at radius 3 is 2.71 bits per heavy atom. The van der Waals surface area contributed by atoms with Gasteiger partial charge in [0.05, 0.1) is 32.0 Å². The van der Waals surface area contributed by atoms with Gasteiger partial charge in [0.2, 0.25) is 0 Å². The van der Waals surface area contributed by atoms with Gasteiger partial charge in [-0.3, -0.25) is 4.99 Å². The second-order valence-electron chi connectivity index (χ2n) is 6.70. The molecule has 0 saturated carbocycles. The molecule has 1 fully saturated rings. The summed E-state index contributed by atoms with van der Waals surface area (Å²) in [5.41, 5.74) is 0.0443. The van der Waals surface area contributed by atoms with Crippen molar-refractivity contribution >= 4 is 6.21 Å². The average Bonchev–Trinajstić information content (AvgIpc) is 2.58. The molecule has 0 radical (unpaired) electrons. The summed E-state index contributed by atoms with van der Waals surface area (Å²) in [4.78, 5) is 4.46. The molecule has 0 aliphatic carbocycles. The summed E-state index contributed by atoms with van der Waals surface area (Å²) in [6, 6.07) is 5.68. The van der Waals surface area contributed by atoms with Crippen molar-refractivity contribution < 1.29 is 19.3 Å². The van der Waals surface area contributed by atoms with Crippen LogP contribution in [-0.4, -0.2) is 49.9 Å². The van der Waals surface area contributed by atoms with Crippen molar-refractivity contribution in [2.24, 2.45) is 4.99 Å². The molecule has 1 aliphatic heterocycles. The average molecular weight is 335 g/mol. The lowest BCUT2D eigenvalue weighted by atomic mass is 9.80. The van der Waals surface area contributed by atoms with Crippen LogP contribution in [0, 0.1) is 0 Å². The quantitative estimate of drug-likeness (QED) is 0.777. The minimum atomic E-state index is -0.683. The summed E-state index contributed by atoms with van der Waals surface area (Å²) in [7, 11) is 3.23. The van der Waals surface area contributed by atoms with E-state index in [4.69, 9.17) is 14.2 Å². The summed E-state index contributed by atoms with van der Waals surface area (Å²) in [5, 5.41) is 10.8. The zero-order chi connectivity index (χ0) is 17.6. The number of aliphatic hydroxyl groups is 1. The van der Waals surface area contributed by atoms with Gasteiger partial charge in [-0.2, -0.15) is 0 Å². The highest BCUT2D eigenvalue weighted by Gasteiger charge is 2.40. The van der Waals surface area contributed by atoms with Crippen LogP contribution in [0.15, 0.2) is 23.2 Å². The van der Waals surface area contributed by atoms with Crippen LogP contribution in [0.5, 0.6) is 11.5 Å². The highest BCUT2D eigenvalue weighted by Crippen LogP contribution is 2.36. The van der Waals surface area contributed by atoms with Crippen molar-refractivity contribution in [3.63, 3.8) is 0 Å². The maximum absolute atomic E-state index is 10.8. The zero-order valence-electron chi connectivity index (χ0n) is 15.2. The van der Waals surface area contributed by atoms with Crippen LogP contribution in [-0.2, 0) is 4.74 Å². The van der Waals surface area contributed by atoms with Crippen molar-refractivity contribution in [2.75, 3.05) is 27.4 Å². The van der Waals surface area contributed by atoms with E-state index in [9.17, 15) is 5.11 Å². The summed E-state index contributed by atoms with van der Waals surface area (Å²) in [6.07, 6.45) is 4.71. The number of benzene rings is 1. The van der Waals surface area contributed by atoms with Gasteiger partial charge in [0, 0.05) is 19.2 Å². The Labute approximate surface area is 144 Å². The van der Waals surface area contributed by atoms with Crippen molar-refractivity contribution in [1.29, 1.82) is 0 Å². The molecular formula is C19H29NO4. The van der Waals surface area contributed by atoms with Gasteiger partial charge in [0.15, 0.2) is 11.5 Å². The van der Waals surface area contributed by atoms with Gasteiger partial charge in [-0.1, -0.05) is 6.92 Å². The van der Waals surface area contributed by atoms with E-state index in [1.165, 1.54) is 0 Å². The standard InChI is InChI=1S/C19H29NO4/c1-5-18(2)14-19(21,9-11-24-18)8-10-20-13-15-6-7-16(22-3)17(12-15)23-4/h6-7,12-13,21H,5,8-11,14H2,1-4H3/t18-,19+/m0/s1. The lowest BCUT2D eigenvalue weighted by Gasteiger charge is -2.43. The van der Waals surface area contributed by atoms with E-state index in [0.717, 1.165) is 12.0 Å². The van der Waals surface area contributed by atoms with E-state index in [2.05, 4.69) is 18.8 Å². The van der Waals surface area contributed by atoms with E-state index in [-0.39, 0.29) is 5.60 Å². The first-order chi connectivity index (χ1) is 11.4. The van der Waals surface area contributed by atoms with Gasteiger partial charge >= 0.3 is 0 Å². The van der Waals surface area contributed by atoms with Gasteiger partial charge in [-0.15, -0.1) is 0 Å². The van der Waals surface area contributed by atoms with Gasteiger partial charge < -0.3 is 19.3 Å². The molecule has 1 aromatic carbocycles. The van der Waals surface area contributed by atoms with E-state index >= 15 is 0 Å². The molecule has 2 atom stereocenters. The summed E-state index contributed by atoms with van der Waals surface area (Å²) >= 11 is 0. The molecule has 0 unspecified atom stereocenters. The molecule has 5 heteroatoms. The molecule has 0 spiro atoms. The third kappa shape index (κ3) is 4.71. The smallest absolute Gasteiger partial charge is 0.161 e. The fourth-order valence-corrected chi connectivity index (χ4v) is 3.14. The first kappa shape index (κ1) is 18.7. The topological polar surface area (TPSA) is 60.3 Å². The number of aliphatic imine (C=N–C) groups is 1. The van der Waals surface area contributed by atoms with Crippen LogP contribution in [0.1, 0.15) is 45.1 Å². The highest BCUT2D eigenvalue weighted by molar-refractivity contribution is 5.80. The second kappa shape index (κ2) is 7.99. The molecule has 134 valence electrons. The van der Waals surface area contributed by atoms with Crippen molar-refractivity contribution in [2.45, 2.75) is 50.7 Å². The number of methoxy groups -OCH3 is 2. The number of ether oxygens (including phenoxy) is 3. The molecule has 24 heavy (non-hydrogen) atoms. The SMILES string of the molecule is CC[C@@]1(C)C[C@@](O)(CCN=Cc2ccc(OC)c(OC)c2)CCO1. The van der Waals surface area contributed by atoms with Gasteiger partial charge in [-0.25, -0.2) is 0 Å². The molecule has 0 amide bonds. The van der Waals surface area contributed by atoms with Crippen LogP contribution in [0.4, 0.5) is 0 Å². The van der Waals surface area contributed by atoms with Crippen LogP contribution >= 0.6 is 0 Å². The Balaban J connectivity index is 1.92. The van der Waals surface area contributed by atoms with Crippen molar-refractivity contribution in [3.8, 4) is 11.5 Å². The lowest BCUT2D eigenvalue weighted by molar-refractivity contribution is -0.154. The predicted molar refractivity (Wildman–Crippen MR) is 95.5 cm³/mol. The third-order valence-electron chi connectivity index (χ3n) is 4.82. The van der Waals surface area contributed by atoms with Gasteiger partial charge in [0.25, 0.3) is 0 Å². The Bertz CT molecular complexity index is 574. The van der Waals surface area contributed by atoms with Gasteiger partial charge in [-0.05, 0) is 49.9 Å². The van der Waals surface area contributed by atoms with Crippen LogP contribution < -0.4 is 9.47 Å². The normalized spacial score (nSPS) is 27.4. The summed E-state index contributed by atoms with van der Waals surface area (Å²) in [6.45, 7) is 5.37. The molecule has 5 nitrogen and oxygen atoms in total. The van der Waals surface area contributed by atoms with E-state index in [1.54, 1.807) is 14.2 Å². The maximum Gasteiger partial charge on any atom is 0.161 e. The molecule has 1 saturated heterocycles. The molecular weight excluding hydrogens is 306 g/mol. The molecule has 0 bridgehead atoms. The molecule has 2 rings (SSSR count). The summed E-state index contributed by atoms with van der Waals surface area (Å²) < 4.78 is 16.3. The van der Waals surface area contributed by atoms with Crippen LogP contribution in [0.25, 0.3) is 0 Å². The molecule has 1 heterocycles. The number of rotatable bonds is 7. The Hall–Kier alpha value is -1.59. The number of hydrogen-bond donors (Lipinski definition) is 1. The monoisotopic (exact) mass is 335 g/mol. The first-order valence-electron chi connectivity index (χ1n) is 8.52. The second-order valence-corrected chi connectivity index (χ2v) is 6.70. The third-order valence-corrected chi connectivity index (χ3v) is 4.82. The summed E-state index contributed by atoms with van der Waals surface area (Å²) in [5.74, 6) is 1.38. The largest absolute Gasteiger partial charge is 0.493 e. The fraction of sp³-hybridized carbons (Fsp3) is 0.632. The first-order valence-corrected chi connectivity index (χ1v) is 8.52. The molecule has 1 N–H and O–H groups in total. The van der Waals surface area contributed by atoms with Crippen molar-refractivity contribution in [3.05, 3.63) is 23.8 Å². The van der Waals surface area contributed by atoms with Crippen molar-refractivity contribution in [1.82, 2.24) is 0 Å². The lowest BCUT2D eigenvalue weighted by Crippen LogP contribution is -2.47. The van der Waals surface area contributed by atoms with Gasteiger partial charge in [0.1, 0.15) is 0 Å². The van der Waals surface area contributed by atoms with Crippen LogP contribution in [0.3, 0.4) is 0 Å². The highest BCUT2D eigenvalue weighted by atomic mass is 16.5. The fourth-order valence-electron chi connectivity index (χ4n) is 3.14. The Kier molecular flexibility index (Phi) is 6.24. The Morgan fingerprint density at radius 1 is 1.29 bits per heavy atom. The molecule has 1 aromatic rings. The molecule has 0 aromatic heterocycles. The van der Waals surface area contributed by atoms with E-state index < -0.39 is 5.60 Å². The van der Waals surface area contributed by atoms with E-state index in [0.29, 0.717) is 43.9 Å². The Morgan fingerprint density at radius 2 is 2.04 bits per heavy atom. The predicted octanol–water partition coefficient (Wildman–Crippen LogP) is 3.22. The minimum Gasteiger partial charge on any atom is -0.493 e. The van der Waals surface area contributed by atoms with Crippen LogP contribution in [0.2, 0.25) is 0 Å². The minimum absolute atomic E-state index is 0.222. The maximum atomic E-state index is 10.8. The molecule has 1 aliphatic rings.